The summed E-state index contributed by atoms with van der Waals surface area (Å²) in [7, 11) is 1.64. The van der Waals surface area contributed by atoms with E-state index in [0.717, 1.165) is 23.5 Å². The normalized spacial score (nSPS) is 9.57. The summed E-state index contributed by atoms with van der Waals surface area (Å²) in [6.07, 6.45) is 2.78. The average Bonchev–Trinajstić information content (AvgIpc) is 2.25. The van der Waals surface area contributed by atoms with Crippen molar-refractivity contribution < 1.29 is 9.47 Å². The molecule has 0 radical (unpaired) electrons. The van der Waals surface area contributed by atoms with Crippen LogP contribution in [0.5, 0.6) is 11.5 Å². The molecule has 0 saturated heterocycles. The predicted octanol–water partition coefficient (Wildman–Crippen LogP) is 3.13. The molecule has 1 rings (SSSR count). The van der Waals surface area contributed by atoms with Crippen LogP contribution in [0.1, 0.15) is 18.9 Å². The molecule has 0 aliphatic rings. The minimum Gasteiger partial charge on any atom is -0.493 e. The largest absolute Gasteiger partial charge is 0.493 e. The van der Waals surface area contributed by atoms with Crippen molar-refractivity contribution in [3.63, 3.8) is 0 Å². The summed E-state index contributed by atoms with van der Waals surface area (Å²) in [6.45, 7) is 6.49. The summed E-state index contributed by atoms with van der Waals surface area (Å²) in [5.41, 5.74) is 1.04. The molecule has 0 amide bonds. The van der Waals surface area contributed by atoms with Gasteiger partial charge in [-0.1, -0.05) is 25.6 Å². The maximum atomic E-state index is 5.55. The fourth-order valence-electron chi connectivity index (χ4n) is 1.15. The molecule has 0 aliphatic carbocycles. The highest BCUT2D eigenvalue weighted by atomic mass is 16.5. The lowest BCUT2D eigenvalue weighted by Gasteiger charge is -2.10. The molecule has 2 nitrogen and oxygen atoms in total. The Labute approximate surface area is 85.2 Å². The summed E-state index contributed by atoms with van der Waals surface area (Å²) >= 11 is 0. The van der Waals surface area contributed by atoms with Gasteiger partial charge in [-0.3, -0.25) is 0 Å². The fourth-order valence-corrected chi connectivity index (χ4v) is 1.15. The Bertz CT molecular complexity index is 305. The highest BCUT2D eigenvalue weighted by Gasteiger charge is 2.03. The van der Waals surface area contributed by atoms with E-state index in [-0.39, 0.29) is 0 Å². The maximum absolute atomic E-state index is 5.55. The first-order valence-electron chi connectivity index (χ1n) is 4.75. The van der Waals surface area contributed by atoms with Gasteiger partial charge in [0, 0.05) is 0 Å². The summed E-state index contributed by atoms with van der Waals surface area (Å²) in [6, 6.07) is 5.77. The van der Waals surface area contributed by atoms with Crippen LogP contribution in [0.15, 0.2) is 24.8 Å². The lowest BCUT2D eigenvalue weighted by molar-refractivity contribution is 0.294. The molecule has 2 heteroatoms. The SMILES string of the molecule is C=Cc1ccc(OC)c(OCCC)c1. The first-order chi connectivity index (χ1) is 6.81. The summed E-state index contributed by atoms with van der Waals surface area (Å²) in [5.74, 6) is 1.55. The van der Waals surface area contributed by atoms with Crippen molar-refractivity contribution in [3.05, 3.63) is 30.3 Å². The third kappa shape index (κ3) is 2.52. The smallest absolute Gasteiger partial charge is 0.161 e. The molecule has 0 spiro atoms. The molecule has 0 saturated carbocycles. The molecule has 0 aromatic heterocycles. The molecule has 0 N–H and O–H groups in total. The monoisotopic (exact) mass is 192 g/mol. The second-order valence-electron chi connectivity index (χ2n) is 2.96. The van der Waals surface area contributed by atoms with Crippen LogP contribution in [0.4, 0.5) is 0 Å². The first-order valence-corrected chi connectivity index (χ1v) is 4.75. The van der Waals surface area contributed by atoms with Gasteiger partial charge < -0.3 is 9.47 Å². The molecule has 1 aromatic carbocycles. The van der Waals surface area contributed by atoms with E-state index >= 15 is 0 Å². The second kappa shape index (κ2) is 5.32. The van der Waals surface area contributed by atoms with E-state index in [1.165, 1.54) is 0 Å². The predicted molar refractivity (Wildman–Crippen MR) is 58.9 cm³/mol. The molecule has 0 aliphatic heterocycles. The Morgan fingerprint density at radius 2 is 2.14 bits per heavy atom. The zero-order valence-corrected chi connectivity index (χ0v) is 8.75. The van der Waals surface area contributed by atoms with E-state index in [4.69, 9.17) is 9.47 Å². The highest BCUT2D eigenvalue weighted by Crippen LogP contribution is 2.28. The zero-order chi connectivity index (χ0) is 10.4. The van der Waals surface area contributed by atoms with Crippen molar-refractivity contribution in [1.82, 2.24) is 0 Å². The van der Waals surface area contributed by atoms with Gasteiger partial charge in [0.1, 0.15) is 0 Å². The van der Waals surface area contributed by atoms with Crippen molar-refractivity contribution in [2.45, 2.75) is 13.3 Å². The van der Waals surface area contributed by atoms with Gasteiger partial charge >= 0.3 is 0 Å². The summed E-state index contributed by atoms with van der Waals surface area (Å²) in [5, 5.41) is 0. The van der Waals surface area contributed by atoms with Crippen molar-refractivity contribution in [3.8, 4) is 11.5 Å². The van der Waals surface area contributed by atoms with Gasteiger partial charge in [-0.2, -0.15) is 0 Å². The molecule has 14 heavy (non-hydrogen) atoms. The van der Waals surface area contributed by atoms with Gasteiger partial charge in [-0.25, -0.2) is 0 Å². The van der Waals surface area contributed by atoms with E-state index in [1.807, 2.05) is 18.2 Å². The van der Waals surface area contributed by atoms with Crippen LogP contribution in [0.25, 0.3) is 6.08 Å². The van der Waals surface area contributed by atoms with Gasteiger partial charge in [-0.05, 0) is 24.1 Å². The Kier molecular flexibility index (Phi) is 4.05. The summed E-state index contributed by atoms with van der Waals surface area (Å²) in [4.78, 5) is 0. The average molecular weight is 192 g/mol. The topological polar surface area (TPSA) is 18.5 Å². The first kappa shape index (κ1) is 10.6. The van der Waals surface area contributed by atoms with Crippen LogP contribution in [0.2, 0.25) is 0 Å². The Morgan fingerprint density at radius 3 is 2.71 bits per heavy atom. The Morgan fingerprint density at radius 1 is 1.36 bits per heavy atom. The van der Waals surface area contributed by atoms with Crippen molar-refractivity contribution in [2.24, 2.45) is 0 Å². The molecule has 0 fully saturated rings. The number of benzene rings is 1. The minimum atomic E-state index is 0.705. The van der Waals surface area contributed by atoms with Gasteiger partial charge in [0.15, 0.2) is 11.5 Å². The van der Waals surface area contributed by atoms with E-state index in [2.05, 4.69) is 13.5 Å². The molecular weight excluding hydrogens is 176 g/mol. The number of methoxy groups -OCH3 is 1. The molecule has 0 unspecified atom stereocenters. The van der Waals surface area contributed by atoms with Crippen LogP contribution in [-0.2, 0) is 0 Å². The van der Waals surface area contributed by atoms with Gasteiger partial charge in [0.05, 0.1) is 13.7 Å². The van der Waals surface area contributed by atoms with Gasteiger partial charge in [0.25, 0.3) is 0 Å². The van der Waals surface area contributed by atoms with E-state index in [9.17, 15) is 0 Å². The van der Waals surface area contributed by atoms with Gasteiger partial charge in [-0.15, -0.1) is 0 Å². The standard InChI is InChI=1S/C12H16O2/c1-4-8-14-12-9-10(5-2)6-7-11(12)13-3/h5-7,9H,2,4,8H2,1,3H3. The van der Waals surface area contributed by atoms with E-state index < -0.39 is 0 Å². The Balaban J connectivity index is 2.89. The lowest BCUT2D eigenvalue weighted by Crippen LogP contribution is -1.97. The quantitative estimate of drug-likeness (QED) is 0.713. The number of ether oxygens (including phenoxy) is 2. The Hall–Kier alpha value is -1.44. The number of rotatable bonds is 5. The second-order valence-corrected chi connectivity index (χ2v) is 2.96. The third-order valence-corrected chi connectivity index (χ3v) is 1.89. The molecular formula is C12H16O2. The van der Waals surface area contributed by atoms with Gasteiger partial charge in [0.2, 0.25) is 0 Å². The molecule has 0 bridgehead atoms. The van der Waals surface area contributed by atoms with Crippen LogP contribution in [0, 0.1) is 0 Å². The van der Waals surface area contributed by atoms with Crippen LogP contribution in [0.3, 0.4) is 0 Å². The highest BCUT2D eigenvalue weighted by molar-refractivity contribution is 5.54. The van der Waals surface area contributed by atoms with E-state index in [0.29, 0.717) is 6.61 Å². The number of hydrogen-bond donors (Lipinski definition) is 0. The lowest BCUT2D eigenvalue weighted by atomic mass is 10.2. The third-order valence-electron chi connectivity index (χ3n) is 1.89. The van der Waals surface area contributed by atoms with Crippen molar-refractivity contribution in [2.75, 3.05) is 13.7 Å². The minimum absolute atomic E-state index is 0.705. The van der Waals surface area contributed by atoms with Crippen LogP contribution < -0.4 is 9.47 Å². The maximum Gasteiger partial charge on any atom is 0.161 e. The molecule has 76 valence electrons. The van der Waals surface area contributed by atoms with Crippen LogP contribution >= 0.6 is 0 Å². The molecule has 0 heterocycles. The zero-order valence-electron chi connectivity index (χ0n) is 8.75. The molecule has 1 aromatic rings. The summed E-state index contributed by atoms with van der Waals surface area (Å²) < 4.78 is 10.7. The molecule has 0 atom stereocenters. The number of hydrogen-bond acceptors (Lipinski definition) is 2. The van der Waals surface area contributed by atoms with Crippen molar-refractivity contribution in [1.29, 1.82) is 0 Å². The van der Waals surface area contributed by atoms with Crippen LogP contribution in [-0.4, -0.2) is 13.7 Å². The van der Waals surface area contributed by atoms with E-state index in [1.54, 1.807) is 13.2 Å². The fraction of sp³-hybridized carbons (Fsp3) is 0.333. The van der Waals surface area contributed by atoms with Crippen molar-refractivity contribution >= 4 is 6.08 Å².